The summed E-state index contributed by atoms with van der Waals surface area (Å²) in [6, 6.07) is 5.74. The lowest BCUT2D eigenvalue weighted by Crippen LogP contribution is -2.27. The Kier molecular flexibility index (Phi) is 2.73. The van der Waals surface area contributed by atoms with Crippen LogP contribution in [0.1, 0.15) is 18.4 Å². The molecule has 1 aliphatic rings. The molecule has 2 rings (SSSR count). The minimum Gasteiger partial charge on any atom is -0.493 e. The average molecular weight is 221 g/mol. The van der Waals surface area contributed by atoms with E-state index in [0.717, 1.165) is 24.8 Å². The fraction of sp³-hybridized carbons (Fsp3) is 0.417. The van der Waals surface area contributed by atoms with Crippen LogP contribution in [-0.2, 0) is 10.3 Å². The van der Waals surface area contributed by atoms with Crippen molar-refractivity contribution in [2.24, 2.45) is 0 Å². The summed E-state index contributed by atoms with van der Waals surface area (Å²) in [4.78, 5) is 10.5. The Balaban J connectivity index is 2.32. The number of benzene rings is 1. The fourth-order valence-electron chi connectivity index (χ4n) is 1.89. The number of hydrogen-bond acceptors (Lipinski definition) is 3. The van der Waals surface area contributed by atoms with Crippen LogP contribution in [0.25, 0.3) is 0 Å². The monoisotopic (exact) mass is 221 g/mol. The largest absolute Gasteiger partial charge is 0.493 e. The maximum Gasteiger partial charge on any atom is 0.207 e. The molecule has 0 unspecified atom stereocenters. The summed E-state index contributed by atoms with van der Waals surface area (Å²) < 4.78 is 10.4. The summed E-state index contributed by atoms with van der Waals surface area (Å²) in [5, 5.41) is 2.86. The van der Waals surface area contributed by atoms with Gasteiger partial charge in [0, 0.05) is 0 Å². The van der Waals surface area contributed by atoms with Crippen molar-refractivity contribution in [2.75, 3.05) is 14.2 Å². The molecule has 0 aromatic heterocycles. The lowest BCUT2D eigenvalue weighted by Gasteiger charge is -2.16. The molecule has 1 aliphatic carbocycles. The predicted molar refractivity (Wildman–Crippen MR) is 59.7 cm³/mol. The number of carbonyl (C=O) groups excluding carboxylic acids is 1. The van der Waals surface area contributed by atoms with Crippen molar-refractivity contribution in [3.05, 3.63) is 23.8 Å². The van der Waals surface area contributed by atoms with Gasteiger partial charge in [-0.3, -0.25) is 4.79 Å². The SMILES string of the molecule is COc1ccc(C2(NC=O)CC2)cc1OC. The molecule has 0 spiro atoms. The van der Waals surface area contributed by atoms with Crippen molar-refractivity contribution in [1.29, 1.82) is 0 Å². The molecule has 0 radical (unpaired) electrons. The molecule has 0 atom stereocenters. The highest BCUT2D eigenvalue weighted by Gasteiger charge is 2.44. The Morgan fingerprint density at radius 2 is 1.94 bits per heavy atom. The van der Waals surface area contributed by atoms with Crippen LogP contribution in [0, 0.1) is 0 Å². The third kappa shape index (κ3) is 1.71. The van der Waals surface area contributed by atoms with Crippen LogP contribution in [0.2, 0.25) is 0 Å². The van der Waals surface area contributed by atoms with Gasteiger partial charge in [-0.05, 0) is 30.5 Å². The second-order valence-electron chi connectivity index (χ2n) is 3.91. The van der Waals surface area contributed by atoms with Crippen LogP contribution in [-0.4, -0.2) is 20.6 Å². The lowest BCUT2D eigenvalue weighted by molar-refractivity contribution is -0.110. The van der Waals surface area contributed by atoms with Gasteiger partial charge in [-0.2, -0.15) is 0 Å². The standard InChI is InChI=1S/C12H15NO3/c1-15-10-4-3-9(7-11(10)16-2)12(5-6-12)13-8-14/h3-4,7-8H,5-6H2,1-2H3,(H,13,14). The minimum absolute atomic E-state index is 0.179. The molecule has 1 saturated carbocycles. The average Bonchev–Trinajstić information content (AvgIpc) is 3.09. The first-order valence-corrected chi connectivity index (χ1v) is 5.19. The van der Waals surface area contributed by atoms with Crippen molar-refractivity contribution < 1.29 is 14.3 Å². The van der Waals surface area contributed by atoms with E-state index in [4.69, 9.17) is 9.47 Å². The van der Waals surface area contributed by atoms with E-state index >= 15 is 0 Å². The molecule has 1 aromatic rings. The molecule has 1 aromatic carbocycles. The lowest BCUT2D eigenvalue weighted by atomic mass is 10.0. The van der Waals surface area contributed by atoms with Crippen LogP contribution in [0.5, 0.6) is 11.5 Å². The minimum atomic E-state index is -0.179. The summed E-state index contributed by atoms with van der Waals surface area (Å²) in [5.41, 5.74) is 0.888. The Bertz CT molecular complexity index is 399. The predicted octanol–water partition coefficient (Wildman–Crippen LogP) is 1.44. The molecule has 0 heterocycles. The maximum atomic E-state index is 10.5. The van der Waals surface area contributed by atoms with Crippen molar-refractivity contribution in [2.45, 2.75) is 18.4 Å². The Labute approximate surface area is 94.6 Å². The van der Waals surface area contributed by atoms with Crippen LogP contribution >= 0.6 is 0 Å². The molecule has 0 saturated heterocycles. The Hall–Kier alpha value is -1.71. The highest BCUT2D eigenvalue weighted by molar-refractivity contribution is 5.54. The second-order valence-corrected chi connectivity index (χ2v) is 3.91. The van der Waals surface area contributed by atoms with Gasteiger partial charge >= 0.3 is 0 Å². The summed E-state index contributed by atoms with van der Waals surface area (Å²) in [7, 11) is 3.21. The third-order valence-corrected chi connectivity index (χ3v) is 3.02. The van der Waals surface area contributed by atoms with Gasteiger partial charge in [-0.1, -0.05) is 6.07 Å². The van der Waals surface area contributed by atoms with Crippen molar-refractivity contribution in [1.82, 2.24) is 5.32 Å². The maximum absolute atomic E-state index is 10.5. The van der Waals surface area contributed by atoms with E-state index in [0.29, 0.717) is 11.5 Å². The first kappa shape index (κ1) is 10.8. The van der Waals surface area contributed by atoms with E-state index in [-0.39, 0.29) is 5.54 Å². The highest BCUT2D eigenvalue weighted by Crippen LogP contribution is 2.47. The van der Waals surface area contributed by atoms with E-state index in [1.807, 2.05) is 18.2 Å². The van der Waals surface area contributed by atoms with Gasteiger partial charge in [0.05, 0.1) is 19.8 Å². The van der Waals surface area contributed by atoms with Gasteiger partial charge < -0.3 is 14.8 Å². The highest BCUT2D eigenvalue weighted by atomic mass is 16.5. The van der Waals surface area contributed by atoms with Gasteiger partial charge in [-0.15, -0.1) is 0 Å². The molecule has 4 heteroatoms. The van der Waals surface area contributed by atoms with Crippen molar-refractivity contribution in [3.8, 4) is 11.5 Å². The van der Waals surface area contributed by atoms with E-state index < -0.39 is 0 Å². The number of nitrogens with one attached hydrogen (secondary N) is 1. The zero-order valence-electron chi connectivity index (χ0n) is 9.45. The van der Waals surface area contributed by atoms with Crippen molar-refractivity contribution >= 4 is 6.41 Å². The third-order valence-electron chi connectivity index (χ3n) is 3.02. The van der Waals surface area contributed by atoms with Gasteiger partial charge in [0.15, 0.2) is 11.5 Å². The number of rotatable bonds is 5. The molecular formula is C12H15NO3. The van der Waals surface area contributed by atoms with E-state index in [1.54, 1.807) is 14.2 Å². The number of methoxy groups -OCH3 is 2. The molecule has 1 N–H and O–H groups in total. The van der Waals surface area contributed by atoms with Crippen LogP contribution in [0.3, 0.4) is 0 Å². The smallest absolute Gasteiger partial charge is 0.207 e. The van der Waals surface area contributed by atoms with Gasteiger partial charge in [0.25, 0.3) is 0 Å². The number of ether oxygens (including phenoxy) is 2. The summed E-state index contributed by atoms with van der Waals surface area (Å²) in [6.07, 6.45) is 2.70. The topological polar surface area (TPSA) is 47.6 Å². The molecule has 1 amide bonds. The van der Waals surface area contributed by atoms with E-state index in [1.165, 1.54) is 0 Å². The molecule has 0 bridgehead atoms. The Morgan fingerprint density at radius 3 is 2.44 bits per heavy atom. The number of amides is 1. The number of hydrogen-bond donors (Lipinski definition) is 1. The summed E-state index contributed by atoms with van der Waals surface area (Å²) >= 11 is 0. The van der Waals surface area contributed by atoms with Crippen molar-refractivity contribution in [3.63, 3.8) is 0 Å². The summed E-state index contributed by atoms with van der Waals surface area (Å²) in [6.45, 7) is 0. The zero-order valence-corrected chi connectivity index (χ0v) is 9.45. The first-order valence-electron chi connectivity index (χ1n) is 5.19. The van der Waals surface area contributed by atoms with Crippen LogP contribution < -0.4 is 14.8 Å². The molecule has 86 valence electrons. The molecule has 0 aliphatic heterocycles. The first-order chi connectivity index (χ1) is 7.75. The zero-order chi connectivity index (χ0) is 11.6. The quantitative estimate of drug-likeness (QED) is 0.765. The van der Waals surface area contributed by atoms with Crippen LogP contribution in [0.4, 0.5) is 0 Å². The van der Waals surface area contributed by atoms with E-state index in [9.17, 15) is 4.79 Å². The molecule has 1 fully saturated rings. The number of carbonyl (C=O) groups is 1. The molecule has 4 nitrogen and oxygen atoms in total. The fourth-order valence-corrected chi connectivity index (χ4v) is 1.89. The normalized spacial score (nSPS) is 16.4. The van der Waals surface area contributed by atoms with Crippen LogP contribution in [0.15, 0.2) is 18.2 Å². The second kappa shape index (κ2) is 4.04. The van der Waals surface area contributed by atoms with Gasteiger partial charge in [0.1, 0.15) is 0 Å². The molecule has 16 heavy (non-hydrogen) atoms. The summed E-state index contributed by atoms with van der Waals surface area (Å²) in [5.74, 6) is 1.40. The Morgan fingerprint density at radius 1 is 1.25 bits per heavy atom. The van der Waals surface area contributed by atoms with Gasteiger partial charge in [0.2, 0.25) is 6.41 Å². The van der Waals surface area contributed by atoms with E-state index in [2.05, 4.69) is 5.32 Å². The molecular weight excluding hydrogens is 206 g/mol. The van der Waals surface area contributed by atoms with Gasteiger partial charge in [-0.25, -0.2) is 0 Å².